The second kappa shape index (κ2) is 11.7. The van der Waals surface area contributed by atoms with E-state index in [9.17, 15) is 33.5 Å². The predicted molar refractivity (Wildman–Crippen MR) is 143 cm³/mol. The van der Waals surface area contributed by atoms with Gasteiger partial charge in [0.1, 0.15) is 23.9 Å². The first-order chi connectivity index (χ1) is 19.0. The predicted octanol–water partition coefficient (Wildman–Crippen LogP) is 2.76. The monoisotopic (exact) mass is 553 g/mol. The zero-order valence-corrected chi connectivity index (χ0v) is 22.7. The molecule has 1 spiro atoms. The van der Waals surface area contributed by atoms with Crippen molar-refractivity contribution in [3.8, 4) is 6.07 Å². The summed E-state index contributed by atoms with van der Waals surface area (Å²) < 4.78 is 27.0. The van der Waals surface area contributed by atoms with E-state index in [1.54, 1.807) is 18.0 Å². The fourth-order valence-electron chi connectivity index (χ4n) is 5.66. The number of hydrogen-bond donors (Lipinski definition) is 3. The largest absolute Gasteiger partial charge is 0.376 e. The van der Waals surface area contributed by atoms with Crippen LogP contribution in [-0.2, 0) is 15.0 Å². The second-order valence-corrected chi connectivity index (χ2v) is 10.8. The Morgan fingerprint density at radius 3 is 2.67 bits per heavy atom. The molecule has 0 saturated carbocycles. The number of para-hydroxylation sites is 1. The third-order valence-corrected chi connectivity index (χ3v) is 7.76. The number of anilines is 1. The maximum absolute atomic E-state index is 13.9. The molecule has 212 valence electrons. The van der Waals surface area contributed by atoms with Crippen molar-refractivity contribution in [1.82, 2.24) is 15.1 Å². The van der Waals surface area contributed by atoms with Gasteiger partial charge in [0.15, 0.2) is 0 Å². The minimum Gasteiger partial charge on any atom is -0.376 e. The van der Waals surface area contributed by atoms with Gasteiger partial charge in [-0.25, -0.2) is 8.78 Å². The minimum absolute atomic E-state index is 0.0867. The van der Waals surface area contributed by atoms with Crippen molar-refractivity contribution >= 4 is 23.4 Å². The average molecular weight is 554 g/mol. The van der Waals surface area contributed by atoms with Crippen LogP contribution in [0.3, 0.4) is 0 Å². The molecular formula is C29H33F2N5O4. The van der Waals surface area contributed by atoms with Gasteiger partial charge in [0.25, 0.3) is 5.91 Å². The van der Waals surface area contributed by atoms with Gasteiger partial charge in [-0.15, -0.1) is 0 Å². The van der Waals surface area contributed by atoms with Gasteiger partial charge >= 0.3 is 0 Å². The number of aliphatic hydroxyl groups is 1. The molecule has 2 aromatic carbocycles. The molecule has 2 aliphatic rings. The Balaban J connectivity index is 1.46. The number of nitrogens with one attached hydrogen (secondary N) is 2. The zero-order chi connectivity index (χ0) is 29.2. The SMILES string of the molecule is CC(C)C[C@@H](C(O)N1C[C@]2(C[C@H]1C#N)C(=O)Nc1ccccc12)N(C)C(=O)CCNC(=O)c1ccc(F)cc1F. The van der Waals surface area contributed by atoms with Crippen LogP contribution in [-0.4, -0.2) is 71.1 Å². The number of fused-ring (bicyclic) bond motifs is 2. The summed E-state index contributed by atoms with van der Waals surface area (Å²) in [6.45, 7) is 3.91. The number of likely N-dealkylation sites (N-methyl/N-ethyl adjacent to an activating group) is 1. The number of nitrogens with zero attached hydrogens (tertiary/aromatic N) is 3. The van der Waals surface area contributed by atoms with Crippen LogP contribution in [0.1, 0.15) is 49.0 Å². The Morgan fingerprint density at radius 1 is 1.27 bits per heavy atom. The Bertz CT molecular complexity index is 1350. The first-order valence-electron chi connectivity index (χ1n) is 13.2. The van der Waals surface area contributed by atoms with Gasteiger partial charge in [-0.05, 0) is 42.5 Å². The molecule has 1 unspecified atom stereocenters. The highest BCUT2D eigenvalue weighted by Gasteiger charge is 2.56. The number of benzene rings is 2. The number of nitriles is 1. The molecular weight excluding hydrogens is 520 g/mol. The highest BCUT2D eigenvalue weighted by molar-refractivity contribution is 6.06. The summed E-state index contributed by atoms with van der Waals surface area (Å²) in [5, 5.41) is 26.9. The maximum Gasteiger partial charge on any atom is 0.254 e. The highest BCUT2D eigenvalue weighted by Crippen LogP contribution is 2.47. The van der Waals surface area contributed by atoms with Gasteiger partial charge in [-0.3, -0.25) is 19.3 Å². The number of hydrogen-bond acceptors (Lipinski definition) is 6. The van der Waals surface area contributed by atoms with Crippen molar-refractivity contribution in [3.05, 3.63) is 65.2 Å². The van der Waals surface area contributed by atoms with Crippen molar-refractivity contribution in [2.45, 2.75) is 56.8 Å². The summed E-state index contributed by atoms with van der Waals surface area (Å²) >= 11 is 0. The fourth-order valence-corrected chi connectivity index (χ4v) is 5.66. The number of likely N-dealkylation sites (tertiary alicyclic amines) is 1. The molecule has 0 aromatic heterocycles. The summed E-state index contributed by atoms with van der Waals surface area (Å²) in [5.41, 5.74) is 0.156. The lowest BCUT2D eigenvalue weighted by atomic mass is 9.80. The summed E-state index contributed by atoms with van der Waals surface area (Å²) in [7, 11) is 1.55. The molecule has 0 bridgehead atoms. The molecule has 1 fully saturated rings. The van der Waals surface area contributed by atoms with Crippen LogP contribution < -0.4 is 10.6 Å². The van der Waals surface area contributed by atoms with Gasteiger partial charge in [0, 0.05) is 38.3 Å². The molecule has 9 nitrogen and oxygen atoms in total. The molecule has 2 heterocycles. The molecule has 0 radical (unpaired) electrons. The first kappa shape index (κ1) is 29.1. The Labute approximate surface area is 231 Å². The van der Waals surface area contributed by atoms with Crippen molar-refractivity contribution in [3.63, 3.8) is 0 Å². The molecule has 4 rings (SSSR count). The van der Waals surface area contributed by atoms with Crippen LogP contribution in [0.2, 0.25) is 0 Å². The molecule has 0 aliphatic carbocycles. The lowest BCUT2D eigenvalue weighted by molar-refractivity contribution is -0.140. The van der Waals surface area contributed by atoms with Crippen molar-refractivity contribution in [1.29, 1.82) is 5.26 Å². The lowest BCUT2D eigenvalue weighted by Gasteiger charge is -2.38. The average Bonchev–Trinajstić information content (AvgIpc) is 3.44. The molecule has 2 aromatic rings. The number of halogens is 2. The Morgan fingerprint density at radius 2 is 2.00 bits per heavy atom. The fraction of sp³-hybridized carbons (Fsp3) is 0.448. The summed E-state index contributed by atoms with van der Waals surface area (Å²) in [5.74, 6) is -3.10. The van der Waals surface area contributed by atoms with Crippen molar-refractivity contribution in [2.75, 3.05) is 25.5 Å². The van der Waals surface area contributed by atoms with Crippen LogP contribution >= 0.6 is 0 Å². The topological polar surface area (TPSA) is 126 Å². The Kier molecular flexibility index (Phi) is 8.51. The third kappa shape index (κ3) is 5.55. The van der Waals surface area contributed by atoms with Gasteiger partial charge < -0.3 is 20.6 Å². The van der Waals surface area contributed by atoms with E-state index in [1.807, 2.05) is 32.0 Å². The van der Waals surface area contributed by atoms with E-state index >= 15 is 0 Å². The molecule has 3 N–H and O–H groups in total. The number of carbonyl (C=O) groups is 3. The number of carbonyl (C=O) groups excluding carboxylic acids is 3. The van der Waals surface area contributed by atoms with Gasteiger partial charge in [-0.1, -0.05) is 32.0 Å². The van der Waals surface area contributed by atoms with Crippen LogP contribution in [0.4, 0.5) is 14.5 Å². The smallest absolute Gasteiger partial charge is 0.254 e. The van der Waals surface area contributed by atoms with E-state index in [-0.39, 0.29) is 49.2 Å². The summed E-state index contributed by atoms with van der Waals surface area (Å²) in [4.78, 5) is 41.5. The number of amides is 3. The summed E-state index contributed by atoms with van der Waals surface area (Å²) in [6, 6.07) is 10.7. The van der Waals surface area contributed by atoms with E-state index in [4.69, 9.17) is 0 Å². The maximum atomic E-state index is 13.9. The molecule has 4 atom stereocenters. The van der Waals surface area contributed by atoms with E-state index in [2.05, 4.69) is 16.7 Å². The van der Waals surface area contributed by atoms with Crippen LogP contribution in [0.15, 0.2) is 42.5 Å². The third-order valence-electron chi connectivity index (χ3n) is 7.76. The summed E-state index contributed by atoms with van der Waals surface area (Å²) in [6.07, 6.45) is -0.736. The lowest BCUT2D eigenvalue weighted by Crippen LogP contribution is -2.55. The first-order valence-corrected chi connectivity index (χ1v) is 13.2. The quantitative estimate of drug-likeness (QED) is 0.439. The molecule has 11 heteroatoms. The van der Waals surface area contributed by atoms with E-state index < -0.39 is 41.3 Å². The number of rotatable bonds is 9. The standard InChI is InChI=1S/C29H33F2N5O4/c1-17(2)12-24(35(3)25(37)10-11-33-26(38)20-9-8-18(30)13-22(20)31)27(39)36-16-29(14-19(36)15-32)21-6-4-5-7-23(21)34-28(29)40/h4-9,13,17,19,24,27,39H,10-12,14,16H2,1-3H3,(H,33,38)(H,34,40)/t19-,24-,27?,29-/m0/s1. The van der Waals surface area contributed by atoms with Crippen LogP contribution in [0, 0.1) is 28.9 Å². The van der Waals surface area contributed by atoms with Gasteiger partial charge in [0.05, 0.1) is 23.1 Å². The molecule has 3 amide bonds. The van der Waals surface area contributed by atoms with E-state index in [1.165, 1.54) is 4.90 Å². The van der Waals surface area contributed by atoms with Gasteiger partial charge in [0.2, 0.25) is 11.8 Å². The second-order valence-electron chi connectivity index (χ2n) is 10.8. The zero-order valence-electron chi connectivity index (χ0n) is 22.7. The van der Waals surface area contributed by atoms with E-state index in [0.717, 1.165) is 17.7 Å². The van der Waals surface area contributed by atoms with Crippen molar-refractivity contribution < 1.29 is 28.3 Å². The molecule has 40 heavy (non-hydrogen) atoms. The van der Waals surface area contributed by atoms with Crippen LogP contribution in [0.25, 0.3) is 0 Å². The highest BCUT2D eigenvalue weighted by atomic mass is 19.1. The van der Waals surface area contributed by atoms with Gasteiger partial charge in [-0.2, -0.15) is 5.26 Å². The Hall–Kier alpha value is -3.88. The molecule has 2 aliphatic heterocycles. The van der Waals surface area contributed by atoms with Crippen molar-refractivity contribution in [2.24, 2.45) is 5.92 Å². The van der Waals surface area contributed by atoms with Crippen LogP contribution in [0.5, 0.6) is 0 Å². The molecule has 1 saturated heterocycles. The normalized spacial score (nSPS) is 21.6. The number of aliphatic hydroxyl groups excluding tert-OH is 1. The van der Waals surface area contributed by atoms with E-state index in [0.29, 0.717) is 18.2 Å². The minimum atomic E-state index is -1.23.